The fraction of sp³-hybridized carbons (Fsp3) is 0.200. The van der Waals surface area contributed by atoms with Crippen molar-refractivity contribution in [2.45, 2.75) is 13.3 Å². The number of H-pyrrole nitrogens is 1. The minimum Gasteiger partial charge on any atom is -0.461 e. The molecule has 0 spiro atoms. The molecule has 0 amide bonds. The van der Waals surface area contributed by atoms with Gasteiger partial charge in [-0.1, -0.05) is 6.92 Å². The zero-order valence-electron chi connectivity index (χ0n) is 11.5. The quantitative estimate of drug-likeness (QED) is 0.585. The number of fused-ring (bicyclic) bond motifs is 3. The minimum atomic E-state index is -0.434. The van der Waals surface area contributed by atoms with E-state index in [2.05, 4.69) is 14.9 Å². The molecule has 6 nitrogen and oxygen atoms in total. The van der Waals surface area contributed by atoms with E-state index in [1.807, 2.05) is 13.0 Å². The molecule has 0 atom stereocenters. The third-order valence-corrected chi connectivity index (χ3v) is 3.23. The standard InChI is InChI=1S/C15H12N4O2/c1-2-5-21-15(20)13-7-11-10-6-9(19-16)3-4-12(10)18-14(11)8-17-13/h3-4,6-8H,2,5H2,1H3/p+1. The van der Waals surface area contributed by atoms with Gasteiger partial charge in [0.15, 0.2) is 4.98 Å². The van der Waals surface area contributed by atoms with Gasteiger partial charge in [-0.15, -0.1) is 0 Å². The number of benzene rings is 1. The van der Waals surface area contributed by atoms with Crippen LogP contribution in [0.4, 0.5) is 5.69 Å². The van der Waals surface area contributed by atoms with E-state index >= 15 is 0 Å². The van der Waals surface area contributed by atoms with Gasteiger partial charge in [0.05, 0.1) is 18.3 Å². The molecular weight excluding hydrogens is 268 g/mol. The Bertz CT molecular complexity index is 876. The van der Waals surface area contributed by atoms with Gasteiger partial charge in [0.25, 0.3) is 0 Å². The Morgan fingerprint density at radius 1 is 1.33 bits per heavy atom. The van der Waals surface area contributed by atoms with Crippen molar-refractivity contribution in [3.05, 3.63) is 41.1 Å². The normalized spacial score (nSPS) is 10.7. The molecule has 0 fully saturated rings. The second kappa shape index (κ2) is 5.21. The average molecular weight is 281 g/mol. The number of rotatable bonds is 3. The minimum absolute atomic E-state index is 0.267. The number of diazo groups is 1. The van der Waals surface area contributed by atoms with E-state index in [0.717, 1.165) is 28.2 Å². The number of carbonyl (C=O) groups is 1. The molecule has 0 aliphatic heterocycles. The van der Waals surface area contributed by atoms with E-state index in [0.29, 0.717) is 12.3 Å². The lowest BCUT2D eigenvalue weighted by Crippen LogP contribution is -2.07. The van der Waals surface area contributed by atoms with Crippen LogP contribution in [0.1, 0.15) is 23.8 Å². The molecule has 0 saturated carbocycles. The van der Waals surface area contributed by atoms with Crippen LogP contribution in [0.2, 0.25) is 0 Å². The van der Waals surface area contributed by atoms with Crippen molar-refractivity contribution in [3.8, 4) is 0 Å². The van der Waals surface area contributed by atoms with Crippen molar-refractivity contribution in [3.63, 3.8) is 0 Å². The molecule has 2 heterocycles. The number of esters is 1. The Labute approximate surface area is 120 Å². The first-order valence-electron chi connectivity index (χ1n) is 6.66. The van der Waals surface area contributed by atoms with Crippen LogP contribution in [0.5, 0.6) is 0 Å². The summed E-state index contributed by atoms with van der Waals surface area (Å²) in [5, 5.41) is 10.6. The Hall–Kier alpha value is -2.94. The van der Waals surface area contributed by atoms with Crippen molar-refractivity contribution in [2.75, 3.05) is 6.61 Å². The molecule has 2 aromatic heterocycles. The average Bonchev–Trinajstić information content (AvgIpc) is 2.89. The zero-order valence-corrected chi connectivity index (χ0v) is 11.5. The zero-order chi connectivity index (χ0) is 14.8. The fourth-order valence-electron chi connectivity index (χ4n) is 2.23. The van der Waals surface area contributed by atoms with Crippen LogP contribution >= 0.6 is 0 Å². The summed E-state index contributed by atoms with van der Waals surface area (Å²) in [6.07, 6.45) is 2.37. The van der Waals surface area contributed by atoms with Crippen molar-refractivity contribution >= 4 is 33.5 Å². The molecule has 0 bridgehead atoms. The molecule has 1 aromatic carbocycles. The molecule has 6 heteroatoms. The second-order valence-corrected chi connectivity index (χ2v) is 4.71. The second-order valence-electron chi connectivity index (χ2n) is 4.71. The van der Waals surface area contributed by atoms with Crippen LogP contribution in [0, 0.1) is 5.39 Å². The Morgan fingerprint density at radius 3 is 2.90 bits per heavy atom. The van der Waals surface area contributed by atoms with E-state index < -0.39 is 5.97 Å². The Morgan fingerprint density at radius 2 is 2.14 bits per heavy atom. The first-order chi connectivity index (χ1) is 10.2. The molecule has 21 heavy (non-hydrogen) atoms. The van der Waals surface area contributed by atoms with Gasteiger partial charge >= 0.3 is 11.7 Å². The maximum absolute atomic E-state index is 11.9. The van der Waals surface area contributed by atoms with E-state index in [1.165, 1.54) is 0 Å². The van der Waals surface area contributed by atoms with Crippen LogP contribution < -0.4 is 0 Å². The van der Waals surface area contributed by atoms with Crippen LogP contribution in [-0.2, 0) is 4.74 Å². The SMILES string of the molecule is CCCOC(=O)c1cc2c(cn1)[nH]c1ccc([N+]#N)cc12. The molecule has 3 rings (SSSR count). The maximum Gasteiger partial charge on any atom is 0.385 e. The van der Waals surface area contributed by atoms with E-state index in [9.17, 15) is 4.79 Å². The highest BCUT2D eigenvalue weighted by Gasteiger charge is 2.14. The summed E-state index contributed by atoms with van der Waals surface area (Å²) in [5.74, 6) is -0.434. The number of nitrogens with zero attached hydrogens (tertiary/aromatic N) is 3. The highest BCUT2D eigenvalue weighted by molar-refractivity contribution is 6.09. The van der Waals surface area contributed by atoms with Crippen LogP contribution in [0.3, 0.4) is 0 Å². The first kappa shape index (κ1) is 13.1. The summed E-state index contributed by atoms with van der Waals surface area (Å²) in [5.41, 5.74) is 2.42. The number of nitrogens with one attached hydrogen (secondary N) is 1. The van der Waals surface area contributed by atoms with Crippen LogP contribution in [0.15, 0.2) is 30.5 Å². The number of ether oxygens (including phenoxy) is 1. The molecule has 3 aromatic rings. The molecule has 0 saturated heterocycles. The number of pyridine rings is 1. The van der Waals surface area contributed by atoms with Gasteiger partial charge in [0.2, 0.25) is 5.39 Å². The van der Waals surface area contributed by atoms with Crippen molar-refractivity contribution in [1.29, 1.82) is 5.39 Å². The van der Waals surface area contributed by atoms with Gasteiger partial charge in [0, 0.05) is 28.4 Å². The number of hydrogen-bond donors (Lipinski definition) is 1. The summed E-state index contributed by atoms with van der Waals surface area (Å²) in [4.78, 5) is 22.4. The lowest BCUT2D eigenvalue weighted by molar-refractivity contribution is 0.0498. The third kappa shape index (κ3) is 2.30. The van der Waals surface area contributed by atoms with Gasteiger partial charge in [-0.05, 0) is 18.6 Å². The Balaban J connectivity index is 2.13. The predicted molar refractivity (Wildman–Crippen MR) is 78.9 cm³/mol. The van der Waals surface area contributed by atoms with Gasteiger partial charge in [-0.25, -0.2) is 9.78 Å². The number of carbonyl (C=O) groups excluding carboxylic acids is 1. The van der Waals surface area contributed by atoms with Crippen molar-refractivity contribution in [2.24, 2.45) is 0 Å². The lowest BCUT2D eigenvalue weighted by atomic mass is 10.1. The number of aromatic nitrogens is 2. The van der Waals surface area contributed by atoms with Crippen molar-refractivity contribution in [1.82, 2.24) is 9.97 Å². The number of aromatic amines is 1. The fourth-order valence-corrected chi connectivity index (χ4v) is 2.23. The van der Waals surface area contributed by atoms with Crippen LogP contribution in [-0.4, -0.2) is 22.5 Å². The van der Waals surface area contributed by atoms with Crippen LogP contribution in [0.25, 0.3) is 26.8 Å². The summed E-state index contributed by atoms with van der Waals surface area (Å²) in [6.45, 7) is 2.31. The largest absolute Gasteiger partial charge is 0.461 e. The van der Waals surface area contributed by atoms with E-state index in [1.54, 1.807) is 24.4 Å². The van der Waals surface area contributed by atoms with Gasteiger partial charge in [-0.3, -0.25) is 0 Å². The Kier molecular flexibility index (Phi) is 3.24. The molecule has 0 unspecified atom stereocenters. The van der Waals surface area contributed by atoms with Gasteiger partial charge < -0.3 is 9.72 Å². The topological polar surface area (TPSA) is 83.1 Å². The highest BCUT2D eigenvalue weighted by atomic mass is 16.5. The van der Waals surface area contributed by atoms with E-state index in [4.69, 9.17) is 10.1 Å². The molecule has 0 radical (unpaired) electrons. The summed E-state index contributed by atoms with van der Waals surface area (Å²) < 4.78 is 5.09. The van der Waals surface area contributed by atoms with Gasteiger partial charge in [0.1, 0.15) is 5.69 Å². The number of hydrogen-bond acceptors (Lipinski definition) is 4. The molecular formula is C15H13N4O2+. The van der Waals surface area contributed by atoms with E-state index in [-0.39, 0.29) is 5.69 Å². The summed E-state index contributed by atoms with van der Waals surface area (Å²) >= 11 is 0. The maximum atomic E-state index is 11.9. The lowest BCUT2D eigenvalue weighted by Gasteiger charge is -2.02. The smallest absolute Gasteiger partial charge is 0.385 e. The van der Waals surface area contributed by atoms with Crippen molar-refractivity contribution < 1.29 is 9.53 Å². The predicted octanol–water partition coefficient (Wildman–Crippen LogP) is 3.77. The summed E-state index contributed by atoms with van der Waals surface area (Å²) in [6, 6.07) is 6.95. The molecule has 0 aliphatic carbocycles. The first-order valence-corrected chi connectivity index (χ1v) is 6.66. The van der Waals surface area contributed by atoms with Gasteiger partial charge in [-0.2, -0.15) is 0 Å². The molecule has 1 N–H and O–H groups in total. The third-order valence-electron chi connectivity index (χ3n) is 3.23. The molecule has 0 aliphatic rings. The monoisotopic (exact) mass is 281 g/mol. The highest BCUT2D eigenvalue weighted by Crippen LogP contribution is 2.29. The summed E-state index contributed by atoms with van der Waals surface area (Å²) in [7, 11) is 0. The molecule has 104 valence electrons.